The summed E-state index contributed by atoms with van der Waals surface area (Å²) in [5, 5.41) is 12.0. The number of aliphatic carboxylic acids is 1. The molecule has 2 N–H and O–H groups in total. The van der Waals surface area contributed by atoms with E-state index in [1.807, 2.05) is 37.3 Å². The van der Waals surface area contributed by atoms with Gasteiger partial charge in [-0.25, -0.2) is 0 Å². The van der Waals surface area contributed by atoms with Gasteiger partial charge in [0.2, 0.25) is 11.8 Å². The Kier molecular flexibility index (Phi) is 4.79. The Morgan fingerprint density at radius 1 is 1.32 bits per heavy atom. The van der Waals surface area contributed by atoms with Gasteiger partial charge in [0.15, 0.2) is 0 Å². The number of likely N-dealkylation sites (tertiary alicyclic amines) is 1. The van der Waals surface area contributed by atoms with Crippen LogP contribution in [0, 0.1) is 5.92 Å². The van der Waals surface area contributed by atoms with E-state index in [-0.39, 0.29) is 30.7 Å². The molecule has 1 saturated heterocycles. The van der Waals surface area contributed by atoms with Gasteiger partial charge in [0.25, 0.3) is 0 Å². The molecule has 0 bridgehead atoms. The topological polar surface area (TPSA) is 86.7 Å². The number of rotatable bonds is 6. The quantitative estimate of drug-likeness (QED) is 0.827. The van der Waals surface area contributed by atoms with Gasteiger partial charge in [-0.1, -0.05) is 30.3 Å². The van der Waals surface area contributed by atoms with Crippen molar-refractivity contribution in [1.29, 1.82) is 0 Å². The van der Waals surface area contributed by atoms with E-state index in [4.69, 9.17) is 5.11 Å². The van der Waals surface area contributed by atoms with Crippen molar-refractivity contribution in [3.63, 3.8) is 0 Å². The molecule has 1 aromatic rings. The fraction of sp³-hybridized carbons (Fsp3) is 0.526. The molecule has 2 aliphatic rings. The Morgan fingerprint density at radius 2 is 2.00 bits per heavy atom. The van der Waals surface area contributed by atoms with E-state index < -0.39 is 17.4 Å². The molecule has 25 heavy (non-hydrogen) atoms. The molecular formula is C19H24N2O4. The van der Waals surface area contributed by atoms with Gasteiger partial charge < -0.3 is 15.3 Å². The van der Waals surface area contributed by atoms with Crippen molar-refractivity contribution >= 4 is 17.8 Å². The summed E-state index contributed by atoms with van der Waals surface area (Å²) in [6.45, 7) is 2.34. The first-order valence-electron chi connectivity index (χ1n) is 8.78. The smallest absolute Gasteiger partial charge is 0.305 e. The number of carbonyl (C=O) groups is 3. The highest BCUT2D eigenvalue weighted by atomic mass is 16.4. The molecule has 6 heteroatoms. The molecule has 0 spiro atoms. The molecule has 2 amide bonds. The van der Waals surface area contributed by atoms with Crippen LogP contribution in [0.1, 0.15) is 50.6 Å². The number of carbonyl (C=O) groups excluding carboxylic acids is 2. The summed E-state index contributed by atoms with van der Waals surface area (Å²) in [7, 11) is 0. The molecule has 1 aliphatic carbocycles. The Hall–Kier alpha value is -2.37. The monoisotopic (exact) mass is 344 g/mol. The van der Waals surface area contributed by atoms with Crippen molar-refractivity contribution in [3.05, 3.63) is 35.9 Å². The molecule has 1 aromatic carbocycles. The average Bonchev–Trinajstić information content (AvgIpc) is 2.94. The van der Waals surface area contributed by atoms with Gasteiger partial charge in [-0.2, -0.15) is 0 Å². The second-order valence-corrected chi connectivity index (χ2v) is 7.23. The number of carboxylic acids is 1. The van der Waals surface area contributed by atoms with Crippen molar-refractivity contribution in [3.8, 4) is 0 Å². The molecule has 1 saturated carbocycles. The Morgan fingerprint density at radius 3 is 2.56 bits per heavy atom. The van der Waals surface area contributed by atoms with Gasteiger partial charge in [0, 0.05) is 13.0 Å². The van der Waals surface area contributed by atoms with Crippen molar-refractivity contribution in [2.75, 3.05) is 6.54 Å². The summed E-state index contributed by atoms with van der Waals surface area (Å²) in [4.78, 5) is 37.8. The lowest BCUT2D eigenvalue weighted by Gasteiger charge is -2.42. The van der Waals surface area contributed by atoms with Gasteiger partial charge in [-0.3, -0.25) is 14.4 Å². The molecule has 0 aromatic heterocycles. The second kappa shape index (κ2) is 6.86. The number of nitrogens with one attached hydrogen (secondary N) is 1. The van der Waals surface area contributed by atoms with Crippen molar-refractivity contribution in [2.24, 2.45) is 5.92 Å². The third kappa shape index (κ3) is 3.67. The fourth-order valence-corrected chi connectivity index (χ4v) is 3.80. The SMILES string of the molecule is CC(c1ccccc1)N1CC(C(=O)NC2(CC(=O)O)CCC2)CC1=O. The zero-order valence-corrected chi connectivity index (χ0v) is 14.4. The summed E-state index contributed by atoms with van der Waals surface area (Å²) in [6, 6.07) is 9.66. The van der Waals surface area contributed by atoms with Gasteiger partial charge >= 0.3 is 5.97 Å². The summed E-state index contributed by atoms with van der Waals surface area (Å²) in [5.41, 5.74) is 0.419. The summed E-state index contributed by atoms with van der Waals surface area (Å²) >= 11 is 0. The van der Waals surface area contributed by atoms with Crippen molar-refractivity contribution < 1.29 is 19.5 Å². The van der Waals surface area contributed by atoms with Gasteiger partial charge in [-0.15, -0.1) is 0 Å². The van der Waals surface area contributed by atoms with E-state index in [1.54, 1.807) is 4.90 Å². The van der Waals surface area contributed by atoms with Crippen LogP contribution in [0.5, 0.6) is 0 Å². The number of benzene rings is 1. The summed E-state index contributed by atoms with van der Waals surface area (Å²) in [5.74, 6) is -1.54. The predicted molar refractivity (Wildman–Crippen MR) is 91.7 cm³/mol. The Bertz CT molecular complexity index is 669. The van der Waals surface area contributed by atoms with Crippen LogP contribution in [0.15, 0.2) is 30.3 Å². The number of hydrogen-bond acceptors (Lipinski definition) is 3. The van der Waals surface area contributed by atoms with Crippen LogP contribution in [0.2, 0.25) is 0 Å². The maximum atomic E-state index is 12.6. The highest BCUT2D eigenvalue weighted by Gasteiger charge is 2.44. The van der Waals surface area contributed by atoms with Crippen LogP contribution in [0.4, 0.5) is 0 Å². The van der Waals surface area contributed by atoms with E-state index in [0.29, 0.717) is 19.4 Å². The second-order valence-electron chi connectivity index (χ2n) is 7.23. The molecule has 2 unspecified atom stereocenters. The van der Waals surface area contributed by atoms with E-state index in [1.165, 1.54) is 0 Å². The van der Waals surface area contributed by atoms with Crippen LogP contribution in [0.25, 0.3) is 0 Å². The fourth-order valence-electron chi connectivity index (χ4n) is 3.80. The molecule has 0 radical (unpaired) electrons. The molecule has 1 aliphatic heterocycles. The highest BCUT2D eigenvalue weighted by molar-refractivity contribution is 5.90. The predicted octanol–water partition coefficient (Wildman–Crippen LogP) is 2.11. The minimum Gasteiger partial charge on any atom is -0.481 e. The van der Waals surface area contributed by atoms with E-state index in [9.17, 15) is 14.4 Å². The zero-order valence-electron chi connectivity index (χ0n) is 14.4. The Labute approximate surface area is 147 Å². The molecular weight excluding hydrogens is 320 g/mol. The Balaban J connectivity index is 1.64. The lowest BCUT2D eigenvalue weighted by atomic mass is 9.74. The average molecular weight is 344 g/mol. The summed E-state index contributed by atoms with van der Waals surface area (Å²) < 4.78 is 0. The van der Waals surface area contributed by atoms with Crippen LogP contribution >= 0.6 is 0 Å². The molecule has 134 valence electrons. The highest BCUT2D eigenvalue weighted by Crippen LogP contribution is 2.36. The van der Waals surface area contributed by atoms with Crippen LogP contribution in [0.3, 0.4) is 0 Å². The number of nitrogens with zero attached hydrogens (tertiary/aromatic N) is 1. The first-order valence-corrected chi connectivity index (χ1v) is 8.78. The van der Waals surface area contributed by atoms with E-state index in [2.05, 4.69) is 5.32 Å². The minimum absolute atomic E-state index is 0.0302. The standard InChI is InChI=1S/C19H24N2O4/c1-13(14-6-3-2-4-7-14)21-12-15(10-16(21)22)18(25)20-19(8-5-9-19)11-17(23)24/h2-4,6-7,13,15H,5,8-12H2,1H3,(H,20,25)(H,23,24). The number of amides is 2. The molecule has 2 atom stereocenters. The van der Waals surface area contributed by atoms with E-state index >= 15 is 0 Å². The lowest BCUT2D eigenvalue weighted by Crippen LogP contribution is -2.56. The third-order valence-electron chi connectivity index (χ3n) is 5.47. The van der Waals surface area contributed by atoms with Gasteiger partial charge in [0.1, 0.15) is 0 Å². The van der Waals surface area contributed by atoms with Crippen LogP contribution in [-0.4, -0.2) is 39.9 Å². The largest absolute Gasteiger partial charge is 0.481 e. The first kappa shape index (κ1) is 17.5. The van der Waals surface area contributed by atoms with Crippen molar-refractivity contribution in [1.82, 2.24) is 10.2 Å². The van der Waals surface area contributed by atoms with E-state index in [0.717, 1.165) is 12.0 Å². The van der Waals surface area contributed by atoms with Crippen LogP contribution in [-0.2, 0) is 14.4 Å². The van der Waals surface area contributed by atoms with Gasteiger partial charge in [0.05, 0.1) is 23.9 Å². The lowest BCUT2D eigenvalue weighted by molar-refractivity contribution is -0.141. The van der Waals surface area contributed by atoms with Crippen molar-refractivity contribution in [2.45, 2.75) is 50.6 Å². The molecule has 6 nitrogen and oxygen atoms in total. The maximum Gasteiger partial charge on any atom is 0.305 e. The minimum atomic E-state index is -0.901. The van der Waals surface area contributed by atoms with Crippen LogP contribution < -0.4 is 5.32 Å². The molecule has 2 fully saturated rings. The molecule has 1 heterocycles. The normalized spacial score (nSPS) is 23.0. The molecule has 3 rings (SSSR count). The maximum absolute atomic E-state index is 12.6. The summed E-state index contributed by atoms with van der Waals surface area (Å²) in [6.07, 6.45) is 2.44. The number of hydrogen-bond donors (Lipinski definition) is 2. The zero-order chi connectivity index (χ0) is 18.0. The first-order chi connectivity index (χ1) is 11.9. The third-order valence-corrected chi connectivity index (χ3v) is 5.47. The number of carboxylic acid groups (broad SMARTS) is 1. The van der Waals surface area contributed by atoms with Gasteiger partial charge in [-0.05, 0) is 31.7 Å².